The molecular weight excluding hydrogens is 260 g/mol. The molecule has 80 valence electrons. The summed E-state index contributed by atoms with van der Waals surface area (Å²) in [6, 6.07) is 1.65. The van der Waals surface area contributed by atoms with Gasteiger partial charge in [-0.15, -0.1) is 0 Å². The minimum absolute atomic E-state index is 0.294. The highest BCUT2D eigenvalue weighted by atomic mass is 79.9. The molecule has 0 fully saturated rings. The fourth-order valence-corrected chi connectivity index (χ4v) is 1.66. The van der Waals surface area contributed by atoms with Crippen LogP contribution < -0.4 is 5.73 Å². The standard InChI is InChI=1S/C7H5BrN4O.C2H6/c8-5-1-4(2-13)6-7(9)10-3-11-12(5)6;1-2/h1-3H,(H2,9,10,11);1-2H3. The number of hydrogen-bond donors (Lipinski definition) is 1. The Morgan fingerprint density at radius 3 is 2.80 bits per heavy atom. The van der Waals surface area contributed by atoms with Gasteiger partial charge in [-0.1, -0.05) is 13.8 Å². The van der Waals surface area contributed by atoms with Gasteiger partial charge in [0, 0.05) is 5.56 Å². The molecule has 0 saturated carbocycles. The van der Waals surface area contributed by atoms with E-state index in [0.717, 1.165) is 6.29 Å². The monoisotopic (exact) mass is 270 g/mol. The number of hydrogen-bond acceptors (Lipinski definition) is 4. The minimum Gasteiger partial charge on any atom is -0.382 e. The number of anilines is 1. The van der Waals surface area contributed by atoms with Crippen LogP contribution in [0, 0.1) is 0 Å². The van der Waals surface area contributed by atoms with Crippen LogP contribution in [0.1, 0.15) is 24.2 Å². The average molecular weight is 271 g/mol. The molecule has 0 aliphatic rings. The van der Waals surface area contributed by atoms with Gasteiger partial charge in [0.25, 0.3) is 0 Å². The highest BCUT2D eigenvalue weighted by Crippen LogP contribution is 2.21. The van der Waals surface area contributed by atoms with Crippen LogP contribution in [0.4, 0.5) is 5.82 Å². The molecule has 0 spiro atoms. The molecule has 15 heavy (non-hydrogen) atoms. The van der Waals surface area contributed by atoms with E-state index in [9.17, 15) is 4.79 Å². The van der Waals surface area contributed by atoms with Crippen LogP contribution in [0.2, 0.25) is 0 Å². The van der Waals surface area contributed by atoms with Crippen LogP contribution in [-0.4, -0.2) is 20.9 Å². The van der Waals surface area contributed by atoms with Gasteiger partial charge in [0.1, 0.15) is 16.4 Å². The summed E-state index contributed by atoms with van der Waals surface area (Å²) in [4.78, 5) is 14.4. The maximum absolute atomic E-state index is 10.6. The molecular formula is C9H11BrN4O. The van der Waals surface area contributed by atoms with Crippen molar-refractivity contribution in [3.8, 4) is 0 Å². The van der Waals surface area contributed by atoms with Gasteiger partial charge in [-0.25, -0.2) is 9.50 Å². The average Bonchev–Trinajstić information content (AvgIpc) is 2.60. The Balaban J connectivity index is 0.000000531. The zero-order chi connectivity index (χ0) is 11.4. The van der Waals surface area contributed by atoms with Crippen molar-refractivity contribution in [2.45, 2.75) is 13.8 Å². The number of nitrogens with two attached hydrogens (primary N) is 1. The number of rotatable bonds is 1. The van der Waals surface area contributed by atoms with Gasteiger partial charge in [-0.05, 0) is 22.0 Å². The van der Waals surface area contributed by atoms with Crippen LogP contribution in [0.25, 0.3) is 5.52 Å². The topological polar surface area (TPSA) is 73.3 Å². The van der Waals surface area contributed by atoms with Crippen LogP contribution in [0.15, 0.2) is 17.0 Å². The first kappa shape index (κ1) is 11.6. The molecule has 0 unspecified atom stereocenters. The summed E-state index contributed by atoms with van der Waals surface area (Å²) >= 11 is 3.25. The molecule has 0 bridgehead atoms. The van der Waals surface area contributed by atoms with Crippen molar-refractivity contribution in [3.05, 3.63) is 22.6 Å². The molecule has 2 aromatic heterocycles. The fraction of sp³-hybridized carbons (Fsp3) is 0.222. The van der Waals surface area contributed by atoms with Crippen molar-refractivity contribution in [2.75, 3.05) is 5.73 Å². The number of aldehydes is 1. The Morgan fingerprint density at radius 2 is 2.20 bits per heavy atom. The van der Waals surface area contributed by atoms with Gasteiger partial charge >= 0.3 is 0 Å². The van der Waals surface area contributed by atoms with Crippen LogP contribution in [-0.2, 0) is 0 Å². The lowest BCUT2D eigenvalue weighted by Gasteiger charge is -1.97. The Morgan fingerprint density at radius 1 is 1.53 bits per heavy atom. The normalized spacial score (nSPS) is 9.53. The molecule has 0 radical (unpaired) electrons. The highest BCUT2D eigenvalue weighted by molar-refractivity contribution is 9.10. The Hall–Kier alpha value is -1.43. The summed E-state index contributed by atoms with van der Waals surface area (Å²) in [5.74, 6) is 0.294. The largest absolute Gasteiger partial charge is 0.382 e. The molecule has 2 heterocycles. The third-order valence-corrected chi connectivity index (χ3v) is 2.26. The van der Waals surface area contributed by atoms with Crippen molar-refractivity contribution in [1.29, 1.82) is 0 Å². The highest BCUT2D eigenvalue weighted by Gasteiger charge is 2.10. The Bertz CT molecular complexity index is 480. The van der Waals surface area contributed by atoms with E-state index in [4.69, 9.17) is 5.73 Å². The first-order valence-electron chi connectivity index (χ1n) is 4.47. The van der Waals surface area contributed by atoms with Crippen molar-refractivity contribution in [2.24, 2.45) is 0 Å². The minimum atomic E-state index is 0.294. The van der Waals surface area contributed by atoms with E-state index >= 15 is 0 Å². The van der Waals surface area contributed by atoms with E-state index in [1.807, 2.05) is 13.8 Å². The summed E-state index contributed by atoms with van der Waals surface area (Å²) in [6.07, 6.45) is 2.06. The number of nitrogen functional groups attached to an aromatic ring is 1. The maximum atomic E-state index is 10.6. The van der Waals surface area contributed by atoms with Gasteiger partial charge in [-0.2, -0.15) is 5.10 Å². The van der Waals surface area contributed by atoms with Crippen LogP contribution in [0.5, 0.6) is 0 Å². The number of carbonyl (C=O) groups excluding carboxylic acids is 1. The second-order valence-electron chi connectivity index (χ2n) is 2.45. The van der Waals surface area contributed by atoms with Gasteiger partial charge in [0.15, 0.2) is 12.1 Å². The van der Waals surface area contributed by atoms with E-state index in [1.165, 1.54) is 10.8 Å². The first-order valence-corrected chi connectivity index (χ1v) is 5.26. The van der Waals surface area contributed by atoms with Gasteiger partial charge in [0.05, 0.1) is 0 Å². The van der Waals surface area contributed by atoms with E-state index in [1.54, 1.807) is 6.07 Å². The Kier molecular flexibility index (Phi) is 3.79. The first-order chi connectivity index (χ1) is 7.24. The summed E-state index contributed by atoms with van der Waals surface area (Å²) in [5.41, 5.74) is 6.60. The van der Waals surface area contributed by atoms with Crippen LogP contribution >= 0.6 is 15.9 Å². The lowest BCUT2D eigenvalue weighted by atomic mass is 10.3. The molecule has 0 amide bonds. The quantitative estimate of drug-likeness (QED) is 0.804. The summed E-state index contributed by atoms with van der Waals surface area (Å²) < 4.78 is 2.20. The van der Waals surface area contributed by atoms with Crippen molar-refractivity contribution in [3.63, 3.8) is 0 Å². The number of carbonyl (C=O) groups is 1. The van der Waals surface area contributed by atoms with E-state index in [0.29, 0.717) is 21.5 Å². The lowest BCUT2D eigenvalue weighted by Crippen LogP contribution is -1.99. The third kappa shape index (κ3) is 1.99. The van der Waals surface area contributed by atoms with E-state index in [-0.39, 0.29) is 0 Å². The third-order valence-electron chi connectivity index (χ3n) is 1.70. The molecule has 0 saturated heterocycles. The van der Waals surface area contributed by atoms with E-state index in [2.05, 4.69) is 26.0 Å². The number of nitrogens with zero attached hydrogens (tertiary/aromatic N) is 3. The smallest absolute Gasteiger partial charge is 0.152 e. The molecule has 0 aliphatic heterocycles. The summed E-state index contributed by atoms with van der Waals surface area (Å²) in [5, 5.41) is 3.93. The lowest BCUT2D eigenvalue weighted by molar-refractivity contribution is 0.112. The van der Waals surface area contributed by atoms with Crippen molar-refractivity contribution >= 4 is 33.6 Å². The molecule has 0 atom stereocenters. The van der Waals surface area contributed by atoms with Gasteiger partial charge < -0.3 is 5.73 Å². The fourth-order valence-electron chi connectivity index (χ4n) is 1.15. The molecule has 2 aromatic rings. The van der Waals surface area contributed by atoms with Crippen molar-refractivity contribution < 1.29 is 4.79 Å². The number of fused-ring (bicyclic) bond motifs is 1. The van der Waals surface area contributed by atoms with Crippen molar-refractivity contribution in [1.82, 2.24) is 14.6 Å². The molecule has 2 rings (SSSR count). The maximum Gasteiger partial charge on any atom is 0.152 e. The van der Waals surface area contributed by atoms with E-state index < -0.39 is 0 Å². The molecule has 2 N–H and O–H groups in total. The molecule has 0 aromatic carbocycles. The second-order valence-corrected chi connectivity index (χ2v) is 3.26. The summed E-state index contributed by atoms with van der Waals surface area (Å²) in [6.45, 7) is 4.00. The second kappa shape index (κ2) is 4.88. The number of aromatic nitrogens is 3. The molecule has 5 nitrogen and oxygen atoms in total. The Labute approximate surface area is 95.4 Å². The van der Waals surface area contributed by atoms with Gasteiger partial charge in [-0.3, -0.25) is 4.79 Å². The van der Waals surface area contributed by atoms with Crippen LogP contribution in [0.3, 0.4) is 0 Å². The summed E-state index contributed by atoms with van der Waals surface area (Å²) in [7, 11) is 0. The predicted molar refractivity (Wildman–Crippen MR) is 61.8 cm³/mol. The zero-order valence-corrected chi connectivity index (χ0v) is 10.0. The SMILES string of the molecule is CC.Nc1ncnn2c(Br)cc(C=O)c12. The predicted octanol–water partition coefficient (Wildman–Crippen LogP) is 1.91. The van der Waals surface area contributed by atoms with Gasteiger partial charge in [0.2, 0.25) is 0 Å². The molecule has 0 aliphatic carbocycles. The molecule has 6 heteroatoms. The zero-order valence-electron chi connectivity index (χ0n) is 8.44. The number of halogens is 1.